The average Bonchev–Trinajstić information content (AvgIpc) is 3.39. The van der Waals surface area contributed by atoms with Gasteiger partial charge in [-0.1, -0.05) is 48.5 Å². The van der Waals surface area contributed by atoms with Crippen LogP contribution in [0.4, 0.5) is 0 Å². The molecule has 29 heavy (non-hydrogen) atoms. The quantitative estimate of drug-likeness (QED) is 0.746. The second-order valence-electron chi connectivity index (χ2n) is 7.95. The third-order valence-electron chi connectivity index (χ3n) is 6.29. The Morgan fingerprint density at radius 2 is 1.72 bits per heavy atom. The van der Waals surface area contributed by atoms with Gasteiger partial charge in [-0.15, -0.1) is 0 Å². The molecule has 0 unspecified atom stereocenters. The monoisotopic (exact) mass is 386 g/mol. The van der Waals surface area contributed by atoms with Gasteiger partial charge in [-0.3, -0.25) is 14.6 Å². The summed E-state index contributed by atoms with van der Waals surface area (Å²) >= 11 is 0. The van der Waals surface area contributed by atoms with Crippen LogP contribution in [-0.2, 0) is 17.6 Å². The van der Waals surface area contributed by atoms with Gasteiger partial charge < -0.3 is 10.0 Å². The molecule has 1 aromatic heterocycles. The van der Waals surface area contributed by atoms with E-state index in [1.54, 1.807) is 4.90 Å². The molecule has 2 atom stereocenters. The Bertz CT molecular complexity index is 1110. The second-order valence-corrected chi connectivity index (χ2v) is 7.95. The zero-order valence-corrected chi connectivity index (χ0v) is 16.0. The van der Waals surface area contributed by atoms with Crippen LogP contribution in [0.25, 0.3) is 10.9 Å². The molecule has 0 saturated carbocycles. The van der Waals surface area contributed by atoms with E-state index in [0.717, 1.165) is 52.5 Å². The highest BCUT2D eigenvalue weighted by atomic mass is 16.4. The summed E-state index contributed by atoms with van der Waals surface area (Å²) in [6.45, 7) is 0.657. The van der Waals surface area contributed by atoms with E-state index in [0.29, 0.717) is 6.54 Å². The van der Waals surface area contributed by atoms with Crippen molar-refractivity contribution in [2.45, 2.75) is 25.2 Å². The first-order valence-corrected chi connectivity index (χ1v) is 10.1. The summed E-state index contributed by atoms with van der Waals surface area (Å²) in [5, 5.41) is 10.7. The van der Waals surface area contributed by atoms with Gasteiger partial charge in [0, 0.05) is 30.1 Å². The first-order valence-electron chi connectivity index (χ1n) is 10.1. The Labute approximate surface area is 169 Å². The molecule has 146 valence electrons. The average molecular weight is 386 g/mol. The number of hydrogen-bond donors (Lipinski definition) is 1. The molecule has 5 nitrogen and oxygen atoms in total. The third kappa shape index (κ3) is 2.97. The highest BCUT2D eigenvalue weighted by Gasteiger charge is 2.41. The lowest BCUT2D eigenvalue weighted by molar-refractivity contribution is -0.141. The lowest BCUT2D eigenvalue weighted by Gasteiger charge is -2.20. The lowest BCUT2D eigenvalue weighted by atomic mass is 9.89. The van der Waals surface area contributed by atoms with E-state index >= 15 is 0 Å². The molecular weight excluding hydrogens is 364 g/mol. The molecule has 0 radical (unpaired) electrons. The minimum Gasteiger partial charge on any atom is -0.481 e. The lowest BCUT2D eigenvalue weighted by Crippen LogP contribution is -2.31. The highest BCUT2D eigenvalue weighted by molar-refractivity contribution is 6.08. The van der Waals surface area contributed by atoms with Crippen molar-refractivity contribution in [1.29, 1.82) is 0 Å². The van der Waals surface area contributed by atoms with Gasteiger partial charge in [0.2, 0.25) is 0 Å². The fraction of sp³-hybridized carbons (Fsp3) is 0.292. The number of aliphatic carboxylic acids is 1. The molecule has 1 fully saturated rings. The molecule has 2 aromatic carbocycles. The van der Waals surface area contributed by atoms with Gasteiger partial charge in [0.05, 0.1) is 17.0 Å². The second kappa shape index (κ2) is 6.99. The molecule has 2 aliphatic rings. The van der Waals surface area contributed by atoms with Crippen molar-refractivity contribution < 1.29 is 14.7 Å². The molecule has 1 amide bonds. The first-order chi connectivity index (χ1) is 14.1. The summed E-state index contributed by atoms with van der Waals surface area (Å²) in [6, 6.07) is 17.4. The van der Waals surface area contributed by atoms with E-state index < -0.39 is 11.9 Å². The van der Waals surface area contributed by atoms with E-state index in [2.05, 4.69) is 0 Å². The number of aryl methyl sites for hydroxylation is 1. The van der Waals surface area contributed by atoms with Crippen LogP contribution in [0.2, 0.25) is 0 Å². The Morgan fingerprint density at radius 1 is 0.966 bits per heavy atom. The summed E-state index contributed by atoms with van der Waals surface area (Å²) in [6.07, 6.45) is 2.75. The SMILES string of the molecule is O=C(O)[C@@H]1CN(C(=O)c2c3c(nc4ccccc24)CCC3)C[C@@H]1c1ccccc1. The summed E-state index contributed by atoms with van der Waals surface area (Å²) in [7, 11) is 0. The fourth-order valence-corrected chi connectivity index (χ4v) is 4.87. The number of rotatable bonds is 3. The number of aromatic nitrogens is 1. The standard InChI is InChI=1S/C24H22N2O3/c27-23(22-16-9-4-5-11-20(16)25-21-12-6-10-17(21)22)26-13-18(19(14-26)24(28)29)15-7-2-1-3-8-15/h1-5,7-9,11,18-19H,6,10,12-14H2,(H,28,29)/t18-,19-/m1/s1. The smallest absolute Gasteiger partial charge is 0.308 e. The number of carboxylic acids is 1. The molecule has 3 aromatic rings. The number of carboxylic acid groups (broad SMARTS) is 1. The van der Waals surface area contributed by atoms with Gasteiger partial charge in [-0.05, 0) is 36.5 Å². The van der Waals surface area contributed by atoms with Crippen LogP contribution >= 0.6 is 0 Å². The predicted molar refractivity (Wildman–Crippen MR) is 110 cm³/mol. The van der Waals surface area contributed by atoms with Crippen molar-refractivity contribution in [2.75, 3.05) is 13.1 Å². The number of nitrogens with zero attached hydrogens (tertiary/aromatic N) is 2. The van der Waals surface area contributed by atoms with Crippen LogP contribution in [0.3, 0.4) is 0 Å². The molecule has 2 heterocycles. The maximum Gasteiger partial charge on any atom is 0.308 e. The van der Waals surface area contributed by atoms with Crippen LogP contribution < -0.4 is 0 Å². The van der Waals surface area contributed by atoms with Crippen LogP contribution in [0.15, 0.2) is 54.6 Å². The highest BCUT2D eigenvalue weighted by Crippen LogP contribution is 2.36. The molecule has 5 heteroatoms. The zero-order valence-electron chi connectivity index (χ0n) is 16.0. The van der Waals surface area contributed by atoms with Gasteiger partial charge in [0.1, 0.15) is 0 Å². The van der Waals surface area contributed by atoms with Crippen molar-refractivity contribution in [3.8, 4) is 0 Å². The fourth-order valence-electron chi connectivity index (χ4n) is 4.87. The summed E-state index contributed by atoms with van der Waals surface area (Å²) < 4.78 is 0. The molecule has 0 bridgehead atoms. The maximum absolute atomic E-state index is 13.7. The van der Waals surface area contributed by atoms with E-state index in [-0.39, 0.29) is 18.4 Å². The maximum atomic E-state index is 13.7. The number of pyridine rings is 1. The number of para-hydroxylation sites is 1. The van der Waals surface area contributed by atoms with Crippen molar-refractivity contribution in [1.82, 2.24) is 9.88 Å². The number of carbonyl (C=O) groups is 2. The topological polar surface area (TPSA) is 70.5 Å². The molecule has 1 aliphatic heterocycles. The van der Waals surface area contributed by atoms with E-state index in [9.17, 15) is 14.7 Å². The summed E-state index contributed by atoms with van der Waals surface area (Å²) in [5.74, 6) is -1.70. The van der Waals surface area contributed by atoms with Gasteiger partial charge in [-0.2, -0.15) is 0 Å². The number of amides is 1. The van der Waals surface area contributed by atoms with Crippen LogP contribution in [0, 0.1) is 5.92 Å². The summed E-state index contributed by atoms with van der Waals surface area (Å²) in [4.78, 5) is 32.1. The van der Waals surface area contributed by atoms with E-state index in [4.69, 9.17) is 4.98 Å². The molecular formula is C24H22N2O3. The van der Waals surface area contributed by atoms with Crippen molar-refractivity contribution in [2.24, 2.45) is 5.92 Å². The number of likely N-dealkylation sites (tertiary alicyclic amines) is 1. The van der Waals surface area contributed by atoms with Crippen LogP contribution in [0.1, 0.15) is 39.5 Å². The predicted octanol–water partition coefficient (Wildman–Crippen LogP) is 3.66. The Hall–Kier alpha value is -3.21. The minimum atomic E-state index is -0.848. The number of fused-ring (bicyclic) bond motifs is 2. The Morgan fingerprint density at radius 3 is 2.52 bits per heavy atom. The molecule has 1 saturated heterocycles. The van der Waals surface area contributed by atoms with Crippen LogP contribution in [-0.4, -0.2) is 40.0 Å². The van der Waals surface area contributed by atoms with Gasteiger partial charge in [-0.25, -0.2) is 0 Å². The number of carbonyl (C=O) groups excluding carboxylic acids is 1. The van der Waals surface area contributed by atoms with E-state index in [1.165, 1.54) is 0 Å². The van der Waals surface area contributed by atoms with E-state index in [1.807, 2.05) is 54.6 Å². The number of benzene rings is 2. The third-order valence-corrected chi connectivity index (χ3v) is 6.29. The van der Waals surface area contributed by atoms with Crippen molar-refractivity contribution in [3.63, 3.8) is 0 Å². The van der Waals surface area contributed by atoms with Gasteiger partial charge >= 0.3 is 5.97 Å². The van der Waals surface area contributed by atoms with Gasteiger partial charge in [0.25, 0.3) is 5.91 Å². The minimum absolute atomic E-state index is 0.0635. The Balaban J connectivity index is 1.56. The van der Waals surface area contributed by atoms with Crippen LogP contribution in [0.5, 0.6) is 0 Å². The van der Waals surface area contributed by atoms with Crippen molar-refractivity contribution >= 4 is 22.8 Å². The molecule has 0 spiro atoms. The largest absolute Gasteiger partial charge is 0.481 e. The van der Waals surface area contributed by atoms with Crippen molar-refractivity contribution in [3.05, 3.63) is 77.0 Å². The zero-order chi connectivity index (χ0) is 20.0. The molecule has 1 aliphatic carbocycles. The van der Waals surface area contributed by atoms with Gasteiger partial charge in [0.15, 0.2) is 0 Å². The normalized spacial score (nSPS) is 20.8. The Kier molecular flexibility index (Phi) is 4.31. The summed E-state index contributed by atoms with van der Waals surface area (Å²) in [5.41, 5.74) is 4.59. The molecule has 5 rings (SSSR count). The molecule has 1 N–H and O–H groups in total. The first kappa shape index (κ1) is 17.9. The number of hydrogen-bond acceptors (Lipinski definition) is 3.